The summed E-state index contributed by atoms with van der Waals surface area (Å²) in [5, 5.41) is 7.10. The number of nitrogens with one attached hydrogen (secondary N) is 2. The number of benzene rings is 2. The highest BCUT2D eigenvalue weighted by atomic mass is 35.5. The van der Waals surface area contributed by atoms with Crippen LogP contribution < -0.4 is 15.4 Å². The van der Waals surface area contributed by atoms with Gasteiger partial charge < -0.3 is 20.1 Å². The van der Waals surface area contributed by atoms with E-state index in [1.165, 1.54) is 19.3 Å². The van der Waals surface area contributed by atoms with E-state index in [0.29, 0.717) is 35.9 Å². The van der Waals surface area contributed by atoms with Crippen LogP contribution in [-0.4, -0.2) is 30.7 Å². The molecule has 2 N–H and O–H groups in total. The first-order valence-corrected chi connectivity index (χ1v) is 13.5. The lowest BCUT2D eigenvalue weighted by molar-refractivity contribution is -0.0135. The number of ether oxygens (including phenoxy) is 2. The molecule has 2 aromatic carbocycles. The molecule has 4 aliphatic rings. The van der Waals surface area contributed by atoms with E-state index in [9.17, 15) is 9.59 Å². The number of urea groups is 1. The molecule has 0 spiro atoms. The molecule has 0 saturated heterocycles. The summed E-state index contributed by atoms with van der Waals surface area (Å²) in [5.41, 5.74) is 1.44. The number of carbonyl (C=O) groups is 2. The summed E-state index contributed by atoms with van der Waals surface area (Å²) >= 11 is 6.09. The van der Waals surface area contributed by atoms with Crippen LogP contribution in [0.1, 0.15) is 73.9 Å². The van der Waals surface area contributed by atoms with Crippen LogP contribution in [0.15, 0.2) is 48.5 Å². The standard InChI is InChI=1S/C29H35ClN2O4/c1-2-35-27(33)23-5-9-25(10-6-23)36-26(22-3-7-24(30)8-4-22)11-12-31-28(34)32-29-16-19-13-20(17-29)15-21(14-19)18-29/h3-10,19-21,26H,2,11-18H2,1H3,(H2,31,32,34). The van der Waals surface area contributed by atoms with Gasteiger partial charge in [0.25, 0.3) is 0 Å². The van der Waals surface area contributed by atoms with Crippen molar-refractivity contribution in [1.82, 2.24) is 10.6 Å². The van der Waals surface area contributed by atoms with Crippen molar-refractivity contribution in [3.8, 4) is 5.75 Å². The molecular weight excluding hydrogens is 476 g/mol. The fourth-order valence-electron chi connectivity index (χ4n) is 6.88. The lowest BCUT2D eigenvalue weighted by Gasteiger charge is -2.56. The lowest BCUT2D eigenvalue weighted by atomic mass is 9.53. The van der Waals surface area contributed by atoms with Gasteiger partial charge in [0.15, 0.2) is 0 Å². The zero-order valence-electron chi connectivity index (χ0n) is 20.8. The number of hydrogen-bond donors (Lipinski definition) is 2. The molecule has 36 heavy (non-hydrogen) atoms. The second-order valence-corrected chi connectivity index (χ2v) is 11.2. The maximum absolute atomic E-state index is 12.9. The highest BCUT2D eigenvalue weighted by Crippen LogP contribution is 2.55. The van der Waals surface area contributed by atoms with Gasteiger partial charge >= 0.3 is 12.0 Å². The topological polar surface area (TPSA) is 76.7 Å². The third-order valence-corrected chi connectivity index (χ3v) is 8.25. The van der Waals surface area contributed by atoms with Crippen molar-refractivity contribution in [3.63, 3.8) is 0 Å². The van der Waals surface area contributed by atoms with E-state index in [4.69, 9.17) is 21.1 Å². The third-order valence-electron chi connectivity index (χ3n) is 7.99. The van der Waals surface area contributed by atoms with Gasteiger partial charge in [0.2, 0.25) is 0 Å². The van der Waals surface area contributed by atoms with Gasteiger partial charge in [-0.2, -0.15) is 0 Å². The molecule has 1 unspecified atom stereocenters. The molecule has 0 heterocycles. The van der Waals surface area contributed by atoms with E-state index in [0.717, 1.165) is 42.6 Å². The Hall–Kier alpha value is -2.73. The average Bonchev–Trinajstić information content (AvgIpc) is 2.83. The molecule has 4 fully saturated rings. The van der Waals surface area contributed by atoms with Gasteiger partial charge in [-0.25, -0.2) is 9.59 Å². The maximum Gasteiger partial charge on any atom is 0.338 e. The number of rotatable bonds is 9. The van der Waals surface area contributed by atoms with Crippen molar-refractivity contribution in [2.45, 2.75) is 63.5 Å². The number of esters is 1. The van der Waals surface area contributed by atoms with Crippen molar-refractivity contribution in [2.75, 3.05) is 13.2 Å². The minimum Gasteiger partial charge on any atom is -0.486 e. The monoisotopic (exact) mass is 510 g/mol. The predicted molar refractivity (Wildman–Crippen MR) is 139 cm³/mol. The van der Waals surface area contributed by atoms with Crippen molar-refractivity contribution in [1.29, 1.82) is 0 Å². The first-order valence-electron chi connectivity index (χ1n) is 13.2. The maximum atomic E-state index is 12.9. The molecule has 4 saturated carbocycles. The molecule has 4 bridgehead atoms. The van der Waals surface area contributed by atoms with Crippen molar-refractivity contribution >= 4 is 23.6 Å². The Bertz CT molecular complexity index is 1030. The Morgan fingerprint density at radius 2 is 1.58 bits per heavy atom. The number of carbonyl (C=O) groups excluding carboxylic acids is 2. The van der Waals surface area contributed by atoms with Gasteiger partial charge in [0, 0.05) is 23.5 Å². The van der Waals surface area contributed by atoms with E-state index < -0.39 is 0 Å². The fraction of sp³-hybridized carbons (Fsp3) is 0.517. The number of amides is 2. The summed E-state index contributed by atoms with van der Waals surface area (Å²) in [7, 11) is 0. The summed E-state index contributed by atoms with van der Waals surface area (Å²) in [6.45, 7) is 2.59. The van der Waals surface area contributed by atoms with Crippen LogP contribution in [0.25, 0.3) is 0 Å². The molecule has 192 valence electrons. The van der Waals surface area contributed by atoms with Gasteiger partial charge in [-0.3, -0.25) is 0 Å². The van der Waals surface area contributed by atoms with Crippen LogP contribution >= 0.6 is 11.6 Å². The Balaban J connectivity index is 1.19. The molecular formula is C29H35ClN2O4. The van der Waals surface area contributed by atoms with Crippen LogP contribution in [0.5, 0.6) is 5.75 Å². The largest absolute Gasteiger partial charge is 0.486 e. The molecule has 0 aromatic heterocycles. The zero-order chi connectivity index (χ0) is 25.1. The normalized spacial score (nSPS) is 26.8. The summed E-state index contributed by atoms with van der Waals surface area (Å²) < 4.78 is 11.3. The van der Waals surface area contributed by atoms with E-state index >= 15 is 0 Å². The highest BCUT2D eigenvalue weighted by Gasteiger charge is 2.51. The van der Waals surface area contributed by atoms with E-state index in [2.05, 4.69) is 10.6 Å². The first-order chi connectivity index (χ1) is 17.4. The van der Waals surface area contributed by atoms with Crippen LogP contribution in [-0.2, 0) is 4.74 Å². The first kappa shape index (κ1) is 24.9. The Labute approximate surface area is 218 Å². The summed E-state index contributed by atoms with van der Waals surface area (Å²) in [4.78, 5) is 24.8. The summed E-state index contributed by atoms with van der Waals surface area (Å²) in [6, 6.07) is 14.4. The molecule has 0 aliphatic heterocycles. The second kappa shape index (κ2) is 10.7. The van der Waals surface area contributed by atoms with Gasteiger partial charge in [-0.15, -0.1) is 0 Å². The quantitative estimate of drug-likeness (QED) is 0.388. The molecule has 7 heteroatoms. The van der Waals surface area contributed by atoms with Crippen molar-refractivity contribution in [3.05, 3.63) is 64.7 Å². The summed E-state index contributed by atoms with van der Waals surface area (Å²) in [6.07, 6.45) is 7.75. The molecule has 1 atom stereocenters. The van der Waals surface area contributed by atoms with Gasteiger partial charge in [0.1, 0.15) is 11.9 Å². The molecule has 6 nitrogen and oxygen atoms in total. The second-order valence-electron chi connectivity index (χ2n) is 10.8. The van der Waals surface area contributed by atoms with Crippen LogP contribution in [0, 0.1) is 17.8 Å². The van der Waals surface area contributed by atoms with E-state index in [1.54, 1.807) is 31.2 Å². The predicted octanol–water partition coefficient (Wildman–Crippen LogP) is 6.29. The number of halogens is 1. The van der Waals surface area contributed by atoms with E-state index in [-0.39, 0.29) is 23.6 Å². The smallest absolute Gasteiger partial charge is 0.338 e. The molecule has 4 aliphatic carbocycles. The molecule has 2 amide bonds. The Morgan fingerprint density at radius 1 is 0.972 bits per heavy atom. The SMILES string of the molecule is CCOC(=O)c1ccc(OC(CCNC(=O)NC23CC4CC(CC(C4)C2)C3)c2ccc(Cl)cc2)cc1. The Morgan fingerprint density at radius 3 is 2.17 bits per heavy atom. The highest BCUT2D eigenvalue weighted by molar-refractivity contribution is 6.30. The molecule has 2 aromatic rings. The van der Waals surface area contributed by atoms with Crippen molar-refractivity contribution < 1.29 is 19.1 Å². The third kappa shape index (κ3) is 5.80. The van der Waals surface area contributed by atoms with Gasteiger partial charge in [-0.1, -0.05) is 23.7 Å². The number of hydrogen-bond acceptors (Lipinski definition) is 4. The molecule has 0 radical (unpaired) electrons. The average molecular weight is 511 g/mol. The van der Waals surface area contributed by atoms with Gasteiger partial charge in [0.05, 0.1) is 12.2 Å². The summed E-state index contributed by atoms with van der Waals surface area (Å²) in [5.74, 6) is 2.65. The minimum absolute atomic E-state index is 0.00835. The minimum atomic E-state index is -0.354. The van der Waals surface area contributed by atoms with Crippen LogP contribution in [0.2, 0.25) is 5.02 Å². The zero-order valence-corrected chi connectivity index (χ0v) is 21.6. The Kier molecular flexibility index (Phi) is 7.42. The van der Waals surface area contributed by atoms with E-state index in [1.807, 2.05) is 24.3 Å². The van der Waals surface area contributed by atoms with Crippen LogP contribution in [0.4, 0.5) is 4.79 Å². The van der Waals surface area contributed by atoms with Crippen LogP contribution in [0.3, 0.4) is 0 Å². The van der Waals surface area contributed by atoms with Crippen molar-refractivity contribution in [2.24, 2.45) is 17.8 Å². The fourth-order valence-corrected chi connectivity index (χ4v) is 7.01. The lowest BCUT2D eigenvalue weighted by Crippen LogP contribution is -2.61. The molecule has 6 rings (SSSR count). The van der Waals surface area contributed by atoms with Gasteiger partial charge in [-0.05, 0) is 105 Å².